The third kappa shape index (κ3) is 20.2. The highest BCUT2D eigenvalue weighted by molar-refractivity contribution is 6.42. The summed E-state index contributed by atoms with van der Waals surface area (Å²) in [5.41, 5.74) is 10.2. The molecule has 35 nitrogen and oxygen atoms in total. The largest absolute Gasteiger partial charge is 0.508 e. The van der Waals surface area contributed by atoms with Crippen molar-refractivity contribution in [2.24, 2.45) is 17.4 Å². The van der Waals surface area contributed by atoms with Crippen molar-refractivity contribution < 1.29 is 117 Å². The number of rotatable bonds is 19. The number of nitrogens with two attached hydrogens (primary N) is 2. The highest BCUT2D eigenvalue weighted by Gasteiger charge is 2.52. The molecular formula is C84H93Cl4N11O24. The molecule has 123 heavy (non-hydrogen) atoms. The molecule has 8 heterocycles. The Hall–Kier alpha value is -10.4. The molecule has 18 atom stereocenters. The van der Waals surface area contributed by atoms with Crippen molar-refractivity contribution in [3.05, 3.63) is 180 Å². The van der Waals surface area contributed by atoms with Crippen LogP contribution >= 0.6 is 46.4 Å². The summed E-state index contributed by atoms with van der Waals surface area (Å²) in [6.07, 6.45) is -18.0. The number of nitrogens with zero attached hydrogens (tertiary/aromatic N) is 1. The SMILES string of the molecule is CN[C@H](CC(C)C)C(=O)N[C@H]1C(=O)N[C@@H](CC(N)=O)C(=O)N[C@H]2C(=O)N[C@H]3C(=O)N[C@H](C(=O)N[C@@H](C(=O)N4CCOCC4)c4cc(O)cc(O)c4-c4cc3ccc4O)[C@H](O)c3ccc(c(Cl)c3)Oc3cc2cc(c3O[C@@H]2O[C@H](CN)[C@@H](O)[C@H](O)[C@H]2O[C@H]2C[C@](C)(NCc3ccc(OCc4ccc(Cl)c(Cl)c4)cc3)[C@H](O)[C@H](C)O2)Oc2ccc(cc2Cl)[C@H]1O. The number of amides is 8. The molecule has 656 valence electrons. The van der Waals surface area contributed by atoms with Gasteiger partial charge in [-0.1, -0.05) is 96.6 Å². The normalized spacial score (nSPS) is 27.0. The molecule has 15 rings (SSSR count). The average Bonchev–Trinajstić information content (AvgIpc) is 0.737. The molecule has 0 spiro atoms. The first-order valence-electron chi connectivity index (χ1n) is 39.4. The smallest absolute Gasteiger partial charge is 0.249 e. The van der Waals surface area contributed by atoms with Crippen LogP contribution in [0.4, 0.5) is 0 Å². The van der Waals surface area contributed by atoms with Gasteiger partial charge in [-0.15, -0.1) is 0 Å². The summed E-state index contributed by atoms with van der Waals surface area (Å²) >= 11 is 26.8. The van der Waals surface area contributed by atoms with Gasteiger partial charge >= 0.3 is 0 Å². The topological polar surface area (TPSA) is 524 Å². The molecule has 8 aliphatic rings. The first-order valence-corrected chi connectivity index (χ1v) is 40.9. The van der Waals surface area contributed by atoms with E-state index < -0.39 is 220 Å². The molecule has 8 aliphatic heterocycles. The van der Waals surface area contributed by atoms with E-state index in [1.807, 2.05) is 26.0 Å². The number of morpholine rings is 1. The van der Waals surface area contributed by atoms with Crippen LogP contribution in [0.2, 0.25) is 20.1 Å². The van der Waals surface area contributed by atoms with E-state index in [0.717, 1.165) is 65.7 Å². The summed E-state index contributed by atoms with van der Waals surface area (Å²) in [7, 11) is 1.49. The highest BCUT2D eigenvalue weighted by atomic mass is 35.5. The Balaban J connectivity index is 0.964. The van der Waals surface area contributed by atoms with Crippen molar-refractivity contribution >= 4 is 93.7 Å². The molecule has 0 radical (unpaired) electrons. The van der Waals surface area contributed by atoms with E-state index in [2.05, 4.69) is 42.5 Å². The number of nitrogens with one attached hydrogen (secondary N) is 8. The van der Waals surface area contributed by atoms with E-state index in [1.54, 1.807) is 44.2 Å². The number of likely N-dealkylation sites (N-methyl/N-ethyl adjacent to an activating group) is 1. The quantitative estimate of drug-likeness (QED) is 0.0527. The van der Waals surface area contributed by atoms with Crippen LogP contribution in [-0.2, 0) is 70.5 Å². The predicted octanol–water partition coefficient (Wildman–Crippen LogP) is 4.56. The number of aromatic hydroxyl groups is 3. The first kappa shape index (κ1) is 90.3. The number of primary amides is 1. The molecule has 7 aromatic rings. The van der Waals surface area contributed by atoms with Crippen LogP contribution in [0.5, 0.6) is 51.7 Å². The number of fused-ring (bicyclic) bond motifs is 15. The van der Waals surface area contributed by atoms with E-state index >= 15 is 28.8 Å². The van der Waals surface area contributed by atoms with Gasteiger partial charge in [0.1, 0.15) is 108 Å². The summed E-state index contributed by atoms with van der Waals surface area (Å²) in [5.74, 6) is -13.7. The zero-order chi connectivity index (χ0) is 88.3. The number of ether oxygens (including phenoxy) is 8. The third-order valence-electron chi connectivity index (χ3n) is 22.1. The van der Waals surface area contributed by atoms with Gasteiger partial charge < -0.3 is 138 Å². The van der Waals surface area contributed by atoms with Crippen LogP contribution in [0.25, 0.3) is 11.1 Å². The number of phenolic OH excluding ortho intramolecular Hbond substituents is 3. The predicted molar refractivity (Wildman–Crippen MR) is 441 cm³/mol. The van der Waals surface area contributed by atoms with E-state index in [0.29, 0.717) is 15.8 Å². The summed E-state index contributed by atoms with van der Waals surface area (Å²) in [5, 5.41) is 118. The molecule has 0 aromatic heterocycles. The Morgan fingerprint density at radius 1 is 0.659 bits per heavy atom. The molecule has 11 bridgehead atoms. The van der Waals surface area contributed by atoms with Crippen LogP contribution in [0.1, 0.15) is 116 Å². The van der Waals surface area contributed by atoms with Gasteiger partial charge in [-0.3, -0.25) is 38.4 Å². The fraction of sp³-hybridized carbons (Fsp3) is 0.405. The van der Waals surface area contributed by atoms with Gasteiger partial charge in [0, 0.05) is 55.3 Å². The minimum atomic E-state index is -2.34. The molecule has 20 N–H and O–H groups in total. The van der Waals surface area contributed by atoms with E-state index in [9.17, 15) is 50.4 Å². The number of benzene rings is 7. The van der Waals surface area contributed by atoms with Crippen molar-refractivity contribution in [3.8, 4) is 62.9 Å². The maximum Gasteiger partial charge on any atom is 0.249 e. The van der Waals surface area contributed by atoms with E-state index in [4.69, 9.17) is 95.8 Å². The lowest BCUT2D eigenvalue weighted by atomic mass is 9.84. The van der Waals surface area contributed by atoms with Gasteiger partial charge in [0.05, 0.1) is 58.0 Å². The van der Waals surface area contributed by atoms with Crippen LogP contribution in [0.15, 0.2) is 121 Å². The van der Waals surface area contributed by atoms with Gasteiger partial charge in [0.15, 0.2) is 23.9 Å². The van der Waals surface area contributed by atoms with E-state index in [1.165, 1.54) is 36.2 Å². The second-order valence-electron chi connectivity index (χ2n) is 31.3. The molecule has 8 amide bonds. The fourth-order valence-electron chi connectivity index (χ4n) is 15.5. The van der Waals surface area contributed by atoms with E-state index in [-0.39, 0.29) is 103 Å². The van der Waals surface area contributed by atoms with Crippen molar-refractivity contribution in [1.82, 2.24) is 47.4 Å². The summed E-state index contributed by atoms with van der Waals surface area (Å²) in [4.78, 5) is 122. The van der Waals surface area contributed by atoms with Crippen LogP contribution in [0.3, 0.4) is 0 Å². The first-order chi connectivity index (χ1) is 58.6. The maximum absolute atomic E-state index is 16.4. The van der Waals surface area contributed by atoms with Crippen molar-refractivity contribution in [2.75, 3.05) is 39.9 Å². The maximum atomic E-state index is 16.4. The van der Waals surface area contributed by atoms with Gasteiger partial charge in [0.25, 0.3) is 0 Å². The molecule has 0 saturated carbocycles. The zero-order valence-electron chi connectivity index (χ0n) is 66.7. The van der Waals surface area contributed by atoms with Gasteiger partial charge in [-0.05, 0) is 151 Å². The molecule has 3 fully saturated rings. The Kier molecular flexibility index (Phi) is 28.2. The number of phenols is 3. The minimum Gasteiger partial charge on any atom is -0.508 e. The van der Waals surface area contributed by atoms with Gasteiger partial charge in [-0.2, -0.15) is 0 Å². The highest BCUT2D eigenvalue weighted by Crippen LogP contribution is 2.50. The Morgan fingerprint density at radius 2 is 1.29 bits per heavy atom. The standard InChI is InChI=1S/C84H93Cl4N11O24/c1-36(2)22-52(91-5)76(109)97-67-69(104)41-10-16-56(50(87)25-41)119-58-27-43-28-59(73(58)123-83-74(72(107)71(106)60(33-89)121-83)122-62-32-84(4,75(108)37(3)118-62)92-34-38-6-12-45(13-7-38)117-35-39-8-14-48(85)49(86)23-39)120-57-17-11-42(26-51(57)88)70(105)68-81(114)96-66(82(115)99-18-20-116-21-19-99)47-29-44(100)30-55(102)63(47)46-24-40(9-15-54(46)101)64(78(111)98-68)95-79(112)65(43)94-77(110)53(31-61(90)103)93-80(67)113/h6-17,23-30,36-37,52-53,60,62,64-72,74-75,83,91-92,100-102,104-108H,18-22,31-35,89H2,1-5H3,(H2,90,103)(H,93,113)(H,94,110)(H,95,112)(H,96,114)(H,97,109)(H,98,111)/t37-,52+,53-,60+,62-,64+,65+,66+,67+,68-,69+,70+,71+,72-,74+,75+,83-,84-/m0/s1. The lowest BCUT2D eigenvalue weighted by molar-refractivity contribution is -0.331. The number of hydrogen-bond acceptors (Lipinski definition) is 27. The summed E-state index contributed by atoms with van der Waals surface area (Å²) < 4.78 is 51.5. The van der Waals surface area contributed by atoms with Crippen molar-refractivity contribution in [2.45, 2.75) is 169 Å². The Bertz CT molecular complexity index is 5170. The molecule has 3 saturated heterocycles. The molecule has 39 heteroatoms. The van der Waals surface area contributed by atoms with Crippen molar-refractivity contribution in [3.63, 3.8) is 0 Å². The van der Waals surface area contributed by atoms with Crippen LogP contribution in [-0.4, -0.2) is 212 Å². The zero-order valence-corrected chi connectivity index (χ0v) is 69.8. The average molecular weight is 1780 g/mol. The lowest BCUT2D eigenvalue weighted by Crippen LogP contribution is -2.65. The second-order valence-corrected chi connectivity index (χ2v) is 32.9. The number of halogens is 4. The van der Waals surface area contributed by atoms with Crippen molar-refractivity contribution in [1.29, 1.82) is 0 Å². The monoisotopic (exact) mass is 1780 g/mol. The number of hydrogen-bond donors (Lipinski definition) is 18. The Labute approximate surface area is 724 Å². The van der Waals surface area contributed by atoms with Crippen LogP contribution in [0, 0.1) is 5.92 Å². The van der Waals surface area contributed by atoms with Gasteiger partial charge in [-0.25, -0.2) is 0 Å². The fourth-order valence-corrected chi connectivity index (χ4v) is 16.2. The third-order valence-corrected chi connectivity index (χ3v) is 23.4. The molecule has 0 unspecified atom stereocenters. The lowest BCUT2D eigenvalue weighted by Gasteiger charge is -2.48. The number of carbonyl (C=O) groups is 8. The minimum absolute atomic E-state index is 0.0221. The number of carbonyl (C=O) groups excluding carboxylic acids is 8. The molecule has 0 aliphatic carbocycles. The van der Waals surface area contributed by atoms with Crippen LogP contribution < -0.4 is 72.9 Å². The molecule has 7 aromatic carbocycles. The molecular weight excluding hydrogens is 1690 g/mol. The van der Waals surface area contributed by atoms with Gasteiger partial charge in [0.2, 0.25) is 59.3 Å². The Morgan fingerprint density at radius 3 is 1.93 bits per heavy atom. The number of aliphatic hydroxyl groups is 5. The second kappa shape index (κ2) is 38.4. The summed E-state index contributed by atoms with van der Waals surface area (Å²) in [6.45, 7) is 6.89. The summed E-state index contributed by atoms with van der Waals surface area (Å²) in [6, 6.07) is 13.0. The number of aliphatic hydroxyl groups excluding tert-OH is 5.